The fourth-order valence-electron chi connectivity index (χ4n) is 2.10. The van der Waals surface area contributed by atoms with Crippen molar-refractivity contribution in [1.29, 1.82) is 0 Å². The van der Waals surface area contributed by atoms with Gasteiger partial charge in [0.05, 0.1) is 7.11 Å². The van der Waals surface area contributed by atoms with Crippen molar-refractivity contribution in [1.82, 2.24) is 4.98 Å². The maximum Gasteiger partial charge on any atom is 0.305 e. The molecular weight excluding hydrogens is 268 g/mol. The maximum atomic E-state index is 11.9. The minimum absolute atomic E-state index is 0.0517. The van der Waals surface area contributed by atoms with Crippen LogP contribution in [0.15, 0.2) is 36.7 Å². The number of ether oxygens (including phenoxy) is 1. The number of anilines is 1. The number of fused-ring (bicyclic) bond motifs is 1. The highest BCUT2D eigenvalue weighted by Crippen LogP contribution is 2.22. The Morgan fingerprint density at radius 3 is 2.81 bits per heavy atom. The largest absolute Gasteiger partial charge is 0.469 e. The van der Waals surface area contributed by atoms with Crippen molar-refractivity contribution < 1.29 is 14.3 Å². The zero-order chi connectivity index (χ0) is 15.1. The normalized spacial score (nSPS) is 10.3. The molecule has 1 aromatic heterocycles. The number of hydrogen-bond donors (Lipinski definition) is 1. The summed E-state index contributed by atoms with van der Waals surface area (Å²) in [5.74, 6) is -0.291. The van der Waals surface area contributed by atoms with E-state index in [0.29, 0.717) is 25.7 Å². The molecule has 5 nitrogen and oxygen atoms in total. The molecule has 0 saturated heterocycles. The maximum absolute atomic E-state index is 11.9. The molecule has 0 aliphatic heterocycles. The first-order chi connectivity index (χ1) is 10.2. The number of nitrogens with one attached hydrogen (secondary N) is 1. The SMILES string of the molecule is COC(=O)CCCCC(=O)Nc1cccc2cnccc12. The highest BCUT2D eigenvalue weighted by atomic mass is 16.5. The predicted molar refractivity (Wildman–Crippen MR) is 80.9 cm³/mol. The van der Waals surface area contributed by atoms with Gasteiger partial charge in [0.2, 0.25) is 5.91 Å². The van der Waals surface area contributed by atoms with Crippen molar-refractivity contribution in [2.45, 2.75) is 25.7 Å². The van der Waals surface area contributed by atoms with Crippen molar-refractivity contribution in [2.75, 3.05) is 12.4 Å². The highest BCUT2D eigenvalue weighted by Gasteiger charge is 2.06. The average molecular weight is 286 g/mol. The van der Waals surface area contributed by atoms with Crippen LogP contribution in [-0.2, 0) is 14.3 Å². The lowest BCUT2D eigenvalue weighted by Crippen LogP contribution is -2.11. The van der Waals surface area contributed by atoms with Crippen molar-refractivity contribution >= 4 is 28.3 Å². The number of aromatic nitrogens is 1. The lowest BCUT2D eigenvalue weighted by atomic mass is 10.1. The van der Waals surface area contributed by atoms with Gasteiger partial charge in [-0.1, -0.05) is 12.1 Å². The molecule has 0 radical (unpaired) electrons. The summed E-state index contributed by atoms with van der Waals surface area (Å²) in [6.45, 7) is 0. The third kappa shape index (κ3) is 4.27. The molecule has 0 unspecified atom stereocenters. The second kappa shape index (κ2) is 7.38. The number of pyridine rings is 1. The van der Waals surface area contributed by atoms with E-state index < -0.39 is 0 Å². The number of amides is 1. The number of nitrogens with zero attached hydrogens (tertiary/aromatic N) is 1. The quantitative estimate of drug-likeness (QED) is 0.655. The van der Waals surface area contributed by atoms with Crippen LogP contribution in [0.25, 0.3) is 10.8 Å². The Kier molecular flexibility index (Phi) is 5.26. The van der Waals surface area contributed by atoms with Crippen LogP contribution >= 0.6 is 0 Å². The van der Waals surface area contributed by atoms with Gasteiger partial charge in [0.25, 0.3) is 0 Å². The summed E-state index contributed by atoms with van der Waals surface area (Å²) in [6.07, 6.45) is 5.52. The van der Waals surface area contributed by atoms with Gasteiger partial charge in [0.15, 0.2) is 0 Å². The predicted octanol–water partition coefficient (Wildman–Crippen LogP) is 2.91. The second-order valence-electron chi connectivity index (χ2n) is 4.73. The average Bonchev–Trinajstić information content (AvgIpc) is 2.51. The monoisotopic (exact) mass is 286 g/mol. The Bertz CT molecular complexity index is 635. The number of carbonyl (C=O) groups is 2. The van der Waals surface area contributed by atoms with Gasteiger partial charge in [-0.05, 0) is 25.0 Å². The molecule has 21 heavy (non-hydrogen) atoms. The summed E-state index contributed by atoms with van der Waals surface area (Å²) in [7, 11) is 1.37. The Hall–Kier alpha value is -2.43. The molecule has 1 aromatic carbocycles. The summed E-state index contributed by atoms with van der Waals surface area (Å²) in [5.41, 5.74) is 0.785. The van der Waals surface area contributed by atoms with Gasteiger partial charge in [-0.15, -0.1) is 0 Å². The van der Waals surface area contributed by atoms with Crippen LogP contribution in [0, 0.1) is 0 Å². The summed E-state index contributed by atoms with van der Waals surface area (Å²) in [5, 5.41) is 4.86. The molecular formula is C16H18N2O3. The highest BCUT2D eigenvalue weighted by molar-refractivity contribution is 6.01. The Morgan fingerprint density at radius 1 is 1.19 bits per heavy atom. The molecule has 0 fully saturated rings. The van der Waals surface area contributed by atoms with E-state index in [-0.39, 0.29) is 11.9 Å². The first-order valence-electron chi connectivity index (χ1n) is 6.90. The van der Waals surface area contributed by atoms with Gasteiger partial charge in [-0.25, -0.2) is 0 Å². The van der Waals surface area contributed by atoms with Gasteiger partial charge >= 0.3 is 5.97 Å². The standard InChI is InChI=1S/C16H18N2O3/c1-21-16(20)8-3-2-7-15(19)18-14-6-4-5-12-11-17-10-9-13(12)14/h4-6,9-11H,2-3,7-8H2,1H3,(H,18,19). The molecule has 0 aliphatic rings. The molecule has 110 valence electrons. The summed E-state index contributed by atoms with van der Waals surface area (Å²) >= 11 is 0. The third-order valence-corrected chi connectivity index (χ3v) is 3.22. The van der Waals surface area contributed by atoms with Gasteiger partial charge in [0, 0.05) is 41.7 Å². The zero-order valence-electron chi connectivity index (χ0n) is 12.0. The lowest BCUT2D eigenvalue weighted by Gasteiger charge is -2.08. The molecule has 0 bridgehead atoms. The number of hydrogen-bond acceptors (Lipinski definition) is 4. The van der Waals surface area contributed by atoms with Crippen LogP contribution in [0.5, 0.6) is 0 Å². The minimum Gasteiger partial charge on any atom is -0.469 e. The van der Waals surface area contributed by atoms with Crippen LogP contribution in [0.1, 0.15) is 25.7 Å². The molecule has 5 heteroatoms. The number of carbonyl (C=O) groups excluding carboxylic acids is 2. The summed E-state index contributed by atoms with van der Waals surface area (Å²) < 4.78 is 4.56. The van der Waals surface area contributed by atoms with Gasteiger partial charge in [0.1, 0.15) is 0 Å². The molecule has 0 aliphatic carbocycles. The molecule has 0 atom stereocenters. The molecule has 2 rings (SSSR count). The van der Waals surface area contributed by atoms with E-state index in [9.17, 15) is 9.59 Å². The van der Waals surface area contributed by atoms with Crippen molar-refractivity contribution in [2.24, 2.45) is 0 Å². The number of benzene rings is 1. The molecule has 1 amide bonds. The molecule has 0 saturated carbocycles. The topological polar surface area (TPSA) is 68.3 Å². The van der Waals surface area contributed by atoms with Crippen LogP contribution in [0.2, 0.25) is 0 Å². The molecule has 2 aromatic rings. The number of rotatable bonds is 6. The van der Waals surface area contributed by atoms with Gasteiger partial charge in [-0.3, -0.25) is 14.6 Å². The van der Waals surface area contributed by atoms with E-state index in [0.717, 1.165) is 16.5 Å². The van der Waals surface area contributed by atoms with E-state index in [2.05, 4.69) is 15.0 Å². The second-order valence-corrected chi connectivity index (χ2v) is 4.73. The van der Waals surface area contributed by atoms with Crippen LogP contribution in [0.3, 0.4) is 0 Å². The van der Waals surface area contributed by atoms with Gasteiger partial charge < -0.3 is 10.1 Å². The van der Waals surface area contributed by atoms with E-state index >= 15 is 0 Å². The van der Waals surface area contributed by atoms with Crippen molar-refractivity contribution in [3.63, 3.8) is 0 Å². The molecule has 1 N–H and O–H groups in total. The third-order valence-electron chi connectivity index (χ3n) is 3.22. The molecule has 0 spiro atoms. The summed E-state index contributed by atoms with van der Waals surface area (Å²) in [6, 6.07) is 7.59. The van der Waals surface area contributed by atoms with Crippen LogP contribution in [-0.4, -0.2) is 24.0 Å². The van der Waals surface area contributed by atoms with Crippen molar-refractivity contribution in [3.05, 3.63) is 36.7 Å². The Morgan fingerprint density at radius 2 is 2.00 bits per heavy atom. The van der Waals surface area contributed by atoms with E-state index in [1.807, 2.05) is 24.3 Å². The summed E-state index contributed by atoms with van der Waals surface area (Å²) in [4.78, 5) is 27.0. The van der Waals surface area contributed by atoms with Crippen molar-refractivity contribution in [3.8, 4) is 0 Å². The first kappa shape index (κ1) is 15.0. The minimum atomic E-state index is -0.239. The van der Waals surface area contributed by atoms with E-state index in [4.69, 9.17) is 0 Å². The zero-order valence-corrected chi connectivity index (χ0v) is 12.0. The van der Waals surface area contributed by atoms with E-state index in [1.54, 1.807) is 12.4 Å². The number of methoxy groups -OCH3 is 1. The number of esters is 1. The van der Waals surface area contributed by atoms with Crippen LogP contribution in [0.4, 0.5) is 5.69 Å². The smallest absolute Gasteiger partial charge is 0.305 e. The Labute approximate surface area is 123 Å². The Balaban J connectivity index is 1.88. The molecule has 1 heterocycles. The lowest BCUT2D eigenvalue weighted by molar-refractivity contribution is -0.140. The van der Waals surface area contributed by atoms with Crippen LogP contribution < -0.4 is 5.32 Å². The van der Waals surface area contributed by atoms with Gasteiger partial charge in [-0.2, -0.15) is 0 Å². The fourth-order valence-corrected chi connectivity index (χ4v) is 2.10. The van der Waals surface area contributed by atoms with E-state index in [1.165, 1.54) is 7.11 Å². The number of unbranched alkanes of at least 4 members (excludes halogenated alkanes) is 1. The first-order valence-corrected chi connectivity index (χ1v) is 6.90. The fraction of sp³-hybridized carbons (Fsp3) is 0.312.